The lowest BCUT2D eigenvalue weighted by Gasteiger charge is -1.93. The lowest BCUT2D eigenvalue weighted by Crippen LogP contribution is -1.73. The summed E-state index contributed by atoms with van der Waals surface area (Å²) in [5.41, 5.74) is 0. The lowest BCUT2D eigenvalue weighted by atomic mass is 10.3. The van der Waals surface area contributed by atoms with Gasteiger partial charge >= 0.3 is 19.8 Å². The smallest absolute Gasteiger partial charge is 0.344 e. The second-order valence-corrected chi connectivity index (χ2v) is 4.65. The third-order valence-electron chi connectivity index (χ3n) is 1.07. The van der Waals surface area contributed by atoms with Gasteiger partial charge in [0.2, 0.25) is 0 Å². The molecular formula is C6H4ClIO3. The second kappa shape index (κ2) is 3.36. The summed E-state index contributed by atoms with van der Waals surface area (Å²) >= 11 is 1.92. The monoisotopic (exact) mass is 286 g/mol. The molecule has 0 aliphatic rings. The van der Waals surface area contributed by atoms with Crippen molar-refractivity contribution in [3.63, 3.8) is 0 Å². The van der Waals surface area contributed by atoms with E-state index in [0.29, 0.717) is 5.02 Å². The van der Waals surface area contributed by atoms with Crippen LogP contribution < -0.4 is 0 Å². The topological polar surface area (TPSA) is 54.4 Å². The minimum Gasteiger partial charge on any atom is -0.507 e. The van der Waals surface area contributed by atoms with Crippen LogP contribution in [0.2, 0.25) is 5.02 Å². The van der Waals surface area contributed by atoms with Crippen molar-refractivity contribution in [3.8, 4) is 5.75 Å². The van der Waals surface area contributed by atoms with E-state index in [2.05, 4.69) is 0 Å². The maximum Gasteiger partial charge on any atom is 0.344 e. The van der Waals surface area contributed by atoms with Crippen molar-refractivity contribution < 1.29 is 11.2 Å². The van der Waals surface area contributed by atoms with Crippen molar-refractivity contribution in [1.29, 1.82) is 0 Å². The normalized spacial score (nSPS) is 10.4. The highest BCUT2D eigenvalue weighted by molar-refractivity contribution is 14.2. The minimum absolute atomic E-state index is 0.0152. The average molecular weight is 286 g/mol. The van der Waals surface area contributed by atoms with Gasteiger partial charge in [0.25, 0.3) is 0 Å². The molecule has 1 aromatic rings. The molecule has 0 fully saturated rings. The van der Waals surface area contributed by atoms with Gasteiger partial charge in [-0.15, -0.1) is 0 Å². The largest absolute Gasteiger partial charge is 0.507 e. The zero-order valence-electron chi connectivity index (χ0n) is 5.25. The molecular weight excluding hydrogens is 282 g/mol. The first kappa shape index (κ1) is 8.73. The summed E-state index contributed by atoms with van der Waals surface area (Å²) in [7, 11) is 0. The minimum atomic E-state index is -3.56. The number of aromatic hydroxyl groups is 1. The van der Waals surface area contributed by atoms with E-state index in [4.69, 9.17) is 16.7 Å². The number of hydrogen-bond donors (Lipinski definition) is 1. The van der Waals surface area contributed by atoms with E-state index in [1.54, 1.807) is 0 Å². The molecule has 1 N–H and O–H groups in total. The fourth-order valence-corrected chi connectivity index (χ4v) is 1.86. The SMILES string of the molecule is O=I(=O)c1ccc(Cl)cc1O. The average Bonchev–Trinajstić information content (AvgIpc) is 1.85. The van der Waals surface area contributed by atoms with E-state index in [9.17, 15) is 6.14 Å². The number of halogens is 2. The molecule has 0 saturated heterocycles. The summed E-state index contributed by atoms with van der Waals surface area (Å²) in [6, 6.07) is 3.93. The van der Waals surface area contributed by atoms with Gasteiger partial charge in [0.15, 0.2) is 0 Å². The van der Waals surface area contributed by atoms with E-state index in [1.807, 2.05) is 0 Å². The second-order valence-electron chi connectivity index (χ2n) is 1.81. The fourth-order valence-electron chi connectivity index (χ4n) is 0.616. The molecule has 0 radical (unpaired) electrons. The van der Waals surface area contributed by atoms with Crippen LogP contribution in [0.1, 0.15) is 0 Å². The number of phenolic OH excluding ortho intramolecular Hbond substituents is 1. The molecule has 0 amide bonds. The zero-order valence-corrected chi connectivity index (χ0v) is 8.17. The Morgan fingerprint density at radius 3 is 2.45 bits per heavy atom. The highest BCUT2D eigenvalue weighted by Gasteiger charge is 2.05. The van der Waals surface area contributed by atoms with Gasteiger partial charge in [-0.3, -0.25) is 0 Å². The van der Waals surface area contributed by atoms with Gasteiger partial charge in [-0.1, -0.05) is 11.6 Å². The van der Waals surface area contributed by atoms with Crippen LogP contribution in [0, 0.1) is 3.57 Å². The van der Waals surface area contributed by atoms with Crippen LogP contribution in [0.15, 0.2) is 18.2 Å². The van der Waals surface area contributed by atoms with E-state index in [1.165, 1.54) is 18.2 Å². The highest BCUT2D eigenvalue weighted by atomic mass is 127. The third-order valence-corrected chi connectivity index (χ3v) is 3.17. The van der Waals surface area contributed by atoms with Crippen LogP contribution in [0.3, 0.4) is 0 Å². The molecule has 0 aromatic heterocycles. The highest BCUT2D eigenvalue weighted by Crippen LogP contribution is 2.29. The molecule has 0 saturated carbocycles. The lowest BCUT2D eigenvalue weighted by molar-refractivity contribution is 0.471. The van der Waals surface area contributed by atoms with Crippen LogP contribution in [0.25, 0.3) is 0 Å². The van der Waals surface area contributed by atoms with Crippen molar-refractivity contribution in [2.45, 2.75) is 0 Å². The number of hydrogen-bond acceptors (Lipinski definition) is 3. The van der Waals surface area contributed by atoms with Gasteiger partial charge in [-0.25, -0.2) is 6.14 Å². The predicted molar refractivity (Wildman–Crippen MR) is 47.2 cm³/mol. The van der Waals surface area contributed by atoms with E-state index < -0.39 is 19.8 Å². The van der Waals surface area contributed by atoms with Gasteiger partial charge in [-0.2, -0.15) is 0 Å². The molecule has 0 heterocycles. The Bertz CT molecular complexity index is 338. The summed E-state index contributed by atoms with van der Waals surface area (Å²) in [6.07, 6.45) is 0. The molecule has 0 atom stereocenters. The Hall–Kier alpha value is -0.360. The summed E-state index contributed by atoms with van der Waals surface area (Å²) in [6.45, 7) is 0. The third kappa shape index (κ3) is 2.03. The van der Waals surface area contributed by atoms with Crippen LogP contribution in [0.4, 0.5) is 0 Å². The Morgan fingerprint density at radius 1 is 1.36 bits per heavy atom. The fraction of sp³-hybridized carbons (Fsp3) is 0. The van der Waals surface area contributed by atoms with E-state index in [0.717, 1.165) is 0 Å². The van der Waals surface area contributed by atoms with Crippen LogP contribution in [-0.4, -0.2) is 5.11 Å². The molecule has 3 nitrogen and oxygen atoms in total. The van der Waals surface area contributed by atoms with Gasteiger partial charge in [0.05, 0.1) is 0 Å². The molecule has 0 bridgehead atoms. The standard InChI is InChI=1S/C6H4ClIO3/c7-4-1-2-5(8(10)11)6(9)3-4/h1-3,9H. The van der Waals surface area contributed by atoms with Crippen molar-refractivity contribution in [1.82, 2.24) is 0 Å². The van der Waals surface area contributed by atoms with Gasteiger partial charge in [0, 0.05) is 5.02 Å². The first-order valence-electron chi connectivity index (χ1n) is 2.65. The molecule has 0 unspecified atom stereocenters. The predicted octanol–water partition coefficient (Wildman–Crippen LogP) is 2.41. The molecule has 0 spiro atoms. The Balaban J connectivity index is 3.31. The van der Waals surface area contributed by atoms with Crippen molar-refractivity contribution in [2.24, 2.45) is 0 Å². The maximum absolute atomic E-state index is 10.5. The molecule has 0 aliphatic heterocycles. The number of benzene rings is 1. The van der Waals surface area contributed by atoms with Crippen LogP contribution >= 0.6 is 31.4 Å². The van der Waals surface area contributed by atoms with Crippen LogP contribution in [-0.2, 0) is 6.14 Å². The molecule has 1 rings (SSSR count). The Kier molecular flexibility index (Phi) is 2.67. The number of rotatable bonds is 1. The summed E-state index contributed by atoms with van der Waals surface area (Å²) in [5.74, 6) is -0.271. The summed E-state index contributed by atoms with van der Waals surface area (Å²) < 4.78 is 20.9. The van der Waals surface area contributed by atoms with Gasteiger partial charge in [0.1, 0.15) is 9.32 Å². The summed E-state index contributed by atoms with van der Waals surface area (Å²) in [5, 5.41) is 9.34. The maximum atomic E-state index is 10.5. The Morgan fingerprint density at radius 2 is 2.00 bits per heavy atom. The van der Waals surface area contributed by atoms with Gasteiger partial charge < -0.3 is 5.11 Å². The summed E-state index contributed by atoms with van der Waals surface area (Å²) in [4.78, 5) is 0. The molecule has 60 valence electrons. The molecule has 11 heavy (non-hydrogen) atoms. The Labute approximate surface area is 75.1 Å². The molecule has 5 heteroatoms. The first-order chi connectivity index (χ1) is 5.11. The van der Waals surface area contributed by atoms with Crippen molar-refractivity contribution >= 4 is 31.4 Å². The quantitative estimate of drug-likeness (QED) is 0.807. The van der Waals surface area contributed by atoms with E-state index in [-0.39, 0.29) is 9.32 Å². The van der Waals surface area contributed by atoms with Gasteiger partial charge in [-0.05, 0) is 18.2 Å². The van der Waals surface area contributed by atoms with E-state index >= 15 is 0 Å². The van der Waals surface area contributed by atoms with Crippen LogP contribution in [0.5, 0.6) is 5.75 Å². The zero-order chi connectivity index (χ0) is 8.43. The molecule has 0 aliphatic carbocycles. The number of phenols is 1. The van der Waals surface area contributed by atoms with Crippen molar-refractivity contribution in [2.75, 3.05) is 0 Å². The first-order valence-corrected chi connectivity index (χ1v) is 5.87. The van der Waals surface area contributed by atoms with Crippen molar-refractivity contribution in [3.05, 3.63) is 26.8 Å². The molecule has 1 aromatic carbocycles.